The maximum Gasteiger partial charge on any atom is 0.387 e. The average molecular weight is 299 g/mol. The third-order valence-corrected chi connectivity index (χ3v) is 3.78. The number of alkyl halides is 2. The fraction of sp³-hybridized carbons (Fsp3) is 0.625. The zero-order chi connectivity index (χ0) is 15.5. The number of hydrogen-bond donors (Lipinski definition) is 1. The molecule has 1 aromatic carbocycles. The molecule has 118 valence electrons. The van der Waals surface area contributed by atoms with E-state index < -0.39 is 6.61 Å². The lowest BCUT2D eigenvalue weighted by molar-refractivity contribution is -0.0642. The summed E-state index contributed by atoms with van der Waals surface area (Å²) in [6.07, 6.45) is 1.82. The van der Waals surface area contributed by atoms with Crippen LogP contribution in [-0.2, 0) is 4.74 Å². The van der Waals surface area contributed by atoms with Crippen molar-refractivity contribution in [1.29, 1.82) is 0 Å². The van der Waals surface area contributed by atoms with Gasteiger partial charge in [0.15, 0.2) is 0 Å². The summed E-state index contributed by atoms with van der Waals surface area (Å²) in [5, 5.41) is 3.50. The molecule has 5 heteroatoms. The first-order valence-corrected chi connectivity index (χ1v) is 7.31. The maximum absolute atomic E-state index is 12.5. The molecule has 0 aliphatic carbocycles. The van der Waals surface area contributed by atoms with E-state index in [1.54, 1.807) is 12.1 Å². The molecule has 21 heavy (non-hydrogen) atoms. The Kier molecular flexibility index (Phi) is 5.17. The largest absolute Gasteiger partial charge is 0.434 e. The van der Waals surface area contributed by atoms with Crippen LogP contribution in [-0.4, -0.2) is 24.9 Å². The predicted octanol–water partition coefficient (Wildman–Crippen LogP) is 3.90. The molecule has 0 saturated carbocycles. The number of rotatable bonds is 5. The molecule has 2 unspecified atom stereocenters. The number of para-hydroxylation sites is 1. The lowest BCUT2D eigenvalue weighted by Gasteiger charge is -2.37. The van der Waals surface area contributed by atoms with E-state index in [1.807, 2.05) is 19.1 Å². The third-order valence-electron chi connectivity index (χ3n) is 3.78. The summed E-state index contributed by atoms with van der Waals surface area (Å²) in [5.41, 5.74) is 0.608. The topological polar surface area (TPSA) is 30.5 Å². The molecule has 2 rings (SSSR count). The van der Waals surface area contributed by atoms with Crippen LogP contribution in [0.2, 0.25) is 0 Å². The van der Waals surface area contributed by atoms with Gasteiger partial charge in [-0.25, -0.2) is 0 Å². The Labute approximate surface area is 124 Å². The second-order valence-corrected chi connectivity index (χ2v) is 6.10. The minimum absolute atomic E-state index is 0.0566. The molecule has 0 aromatic heterocycles. The van der Waals surface area contributed by atoms with E-state index >= 15 is 0 Å². The molecule has 0 bridgehead atoms. The molecule has 1 aliphatic rings. The maximum atomic E-state index is 12.5. The molecule has 1 aliphatic heterocycles. The Morgan fingerprint density at radius 2 is 2.05 bits per heavy atom. The molecular formula is C16H23F2NO2. The molecule has 1 aromatic rings. The van der Waals surface area contributed by atoms with Crippen molar-refractivity contribution >= 4 is 0 Å². The number of ether oxygens (including phenoxy) is 2. The van der Waals surface area contributed by atoms with Crippen LogP contribution in [0, 0.1) is 0 Å². The van der Waals surface area contributed by atoms with Crippen LogP contribution in [0.3, 0.4) is 0 Å². The molecule has 0 amide bonds. The van der Waals surface area contributed by atoms with E-state index in [2.05, 4.69) is 23.9 Å². The van der Waals surface area contributed by atoms with Crippen molar-refractivity contribution < 1.29 is 18.3 Å². The SMILES string of the molecule is CC(NC1CCOC(C)(C)C1)c1ccccc1OC(F)F. The number of halogens is 2. The Morgan fingerprint density at radius 1 is 1.33 bits per heavy atom. The Balaban J connectivity index is 2.04. The lowest BCUT2D eigenvalue weighted by atomic mass is 9.93. The highest BCUT2D eigenvalue weighted by atomic mass is 19.3. The highest BCUT2D eigenvalue weighted by Gasteiger charge is 2.30. The second kappa shape index (κ2) is 6.71. The summed E-state index contributed by atoms with van der Waals surface area (Å²) >= 11 is 0. The van der Waals surface area contributed by atoms with Gasteiger partial charge in [0.25, 0.3) is 0 Å². The van der Waals surface area contributed by atoms with Gasteiger partial charge in [0.2, 0.25) is 0 Å². The van der Waals surface area contributed by atoms with Crippen LogP contribution in [0.15, 0.2) is 24.3 Å². The molecule has 2 atom stereocenters. The van der Waals surface area contributed by atoms with Gasteiger partial charge >= 0.3 is 6.61 Å². The Hall–Kier alpha value is -1.20. The van der Waals surface area contributed by atoms with E-state index in [4.69, 9.17) is 4.74 Å². The van der Waals surface area contributed by atoms with Gasteiger partial charge in [-0.3, -0.25) is 0 Å². The van der Waals surface area contributed by atoms with Crippen molar-refractivity contribution in [2.75, 3.05) is 6.61 Å². The van der Waals surface area contributed by atoms with Crippen molar-refractivity contribution in [3.63, 3.8) is 0 Å². The summed E-state index contributed by atoms with van der Waals surface area (Å²) in [5.74, 6) is 0.235. The van der Waals surface area contributed by atoms with Gasteiger partial charge in [-0.2, -0.15) is 8.78 Å². The molecule has 1 N–H and O–H groups in total. The molecule has 1 heterocycles. The van der Waals surface area contributed by atoms with Crippen molar-refractivity contribution in [1.82, 2.24) is 5.32 Å². The molecular weight excluding hydrogens is 276 g/mol. The Bertz CT molecular complexity index is 465. The fourth-order valence-electron chi connectivity index (χ4n) is 2.86. The van der Waals surface area contributed by atoms with E-state index in [0.717, 1.165) is 18.4 Å². The monoisotopic (exact) mass is 299 g/mol. The van der Waals surface area contributed by atoms with Crippen LogP contribution in [0.5, 0.6) is 5.75 Å². The summed E-state index contributed by atoms with van der Waals surface area (Å²) in [6, 6.07) is 7.18. The number of nitrogens with one attached hydrogen (secondary N) is 1. The average Bonchev–Trinajstić information content (AvgIpc) is 2.37. The van der Waals surface area contributed by atoms with Gasteiger partial charge in [0, 0.05) is 24.3 Å². The number of benzene rings is 1. The molecule has 1 saturated heterocycles. The van der Waals surface area contributed by atoms with Crippen LogP contribution in [0.1, 0.15) is 45.2 Å². The summed E-state index contributed by atoms with van der Waals surface area (Å²) in [7, 11) is 0. The predicted molar refractivity (Wildman–Crippen MR) is 77.7 cm³/mol. The van der Waals surface area contributed by atoms with E-state index in [0.29, 0.717) is 12.6 Å². The Morgan fingerprint density at radius 3 is 2.71 bits per heavy atom. The molecule has 3 nitrogen and oxygen atoms in total. The first-order valence-electron chi connectivity index (χ1n) is 7.31. The quantitative estimate of drug-likeness (QED) is 0.894. The smallest absolute Gasteiger partial charge is 0.387 e. The highest BCUT2D eigenvalue weighted by molar-refractivity contribution is 5.35. The third kappa shape index (κ3) is 4.64. The van der Waals surface area contributed by atoms with Crippen molar-refractivity contribution in [3.05, 3.63) is 29.8 Å². The number of hydrogen-bond acceptors (Lipinski definition) is 3. The van der Waals surface area contributed by atoms with E-state index in [1.165, 1.54) is 0 Å². The summed E-state index contributed by atoms with van der Waals surface area (Å²) < 4.78 is 35.2. The standard InChI is InChI=1S/C16H23F2NO2/c1-11(19-12-8-9-20-16(2,3)10-12)13-6-4-5-7-14(13)21-15(17)18/h4-7,11-12,15,19H,8-10H2,1-3H3. The van der Waals surface area contributed by atoms with Crippen molar-refractivity contribution in [2.45, 2.75) is 57.9 Å². The minimum Gasteiger partial charge on any atom is -0.434 e. The van der Waals surface area contributed by atoms with E-state index in [-0.39, 0.29) is 17.4 Å². The molecule has 0 radical (unpaired) electrons. The van der Waals surface area contributed by atoms with E-state index in [9.17, 15) is 8.78 Å². The summed E-state index contributed by atoms with van der Waals surface area (Å²) in [4.78, 5) is 0. The van der Waals surface area contributed by atoms with Gasteiger partial charge in [-0.15, -0.1) is 0 Å². The zero-order valence-corrected chi connectivity index (χ0v) is 12.7. The van der Waals surface area contributed by atoms with Gasteiger partial charge < -0.3 is 14.8 Å². The lowest BCUT2D eigenvalue weighted by Crippen LogP contribution is -2.44. The van der Waals surface area contributed by atoms with Gasteiger partial charge in [-0.1, -0.05) is 18.2 Å². The second-order valence-electron chi connectivity index (χ2n) is 6.10. The fourth-order valence-corrected chi connectivity index (χ4v) is 2.86. The van der Waals surface area contributed by atoms with Gasteiger partial charge in [0.05, 0.1) is 5.60 Å². The first-order chi connectivity index (χ1) is 9.87. The van der Waals surface area contributed by atoms with Crippen LogP contribution in [0.4, 0.5) is 8.78 Å². The van der Waals surface area contributed by atoms with Crippen LogP contribution < -0.4 is 10.1 Å². The highest BCUT2D eigenvalue weighted by Crippen LogP contribution is 2.29. The van der Waals surface area contributed by atoms with Crippen LogP contribution >= 0.6 is 0 Å². The molecule has 0 spiro atoms. The minimum atomic E-state index is -2.81. The normalized spacial score (nSPS) is 23.0. The zero-order valence-electron chi connectivity index (χ0n) is 12.7. The first kappa shape index (κ1) is 16.2. The van der Waals surface area contributed by atoms with Gasteiger partial charge in [-0.05, 0) is 39.7 Å². The van der Waals surface area contributed by atoms with Crippen LogP contribution in [0.25, 0.3) is 0 Å². The van der Waals surface area contributed by atoms with Crippen molar-refractivity contribution in [3.8, 4) is 5.75 Å². The summed E-state index contributed by atoms with van der Waals surface area (Å²) in [6.45, 7) is 4.02. The molecule has 1 fully saturated rings. The van der Waals surface area contributed by atoms with Crippen molar-refractivity contribution in [2.24, 2.45) is 0 Å². The van der Waals surface area contributed by atoms with Gasteiger partial charge in [0.1, 0.15) is 5.75 Å².